The molecular weight excluding hydrogens is 392 g/mol. The lowest BCUT2D eigenvalue weighted by molar-refractivity contribution is 0.0657. The van der Waals surface area contributed by atoms with Crippen molar-refractivity contribution in [1.82, 2.24) is 19.9 Å². The summed E-state index contributed by atoms with van der Waals surface area (Å²) in [5.41, 5.74) is 4.11. The number of likely N-dealkylation sites (tertiary alicyclic amines) is 2. The molecule has 0 aliphatic carbocycles. The SMILES string of the molecule is Cc1cc(C(=O)N2C[C@@H]3CN(Cc4ccc(=O)[nH]c4)C[C@@H]3[C@H]2c2ccccc2C)on1. The lowest BCUT2D eigenvalue weighted by Gasteiger charge is -2.30. The normalized spacial score (nSPS) is 23.3. The van der Waals surface area contributed by atoms with Crippen LogP contribution in [0.3, 0.4) is 0 Å². The molecule has 5 rings (SSSR count). The fraction of sp³-hybridized carbons (Fsp3) is 0.375. The number of nitrogens with one attached hydrogen (secondary N) is 1. The van der Waals surface area contributed by atoms with Gasteiger partial charge in [0.15, 0.2) is 0 Å². The standard InChI is InChI=1S/C24H26N4O3/c1-15-5-3-4-6-19(15)23-20-14-27(11-17-7-8-22(29)25-10-17)12-18(20)13-28(23)24(30)21-9-16(2)26-31-21/h3-10,18,20,23H,11-14H2,1-2H3,(H,25,29)/t18-,20-,23+/m0/s1. The van der Waals surface area contributed by atoms with Crippen molar-refractivity contribution in [3.05, 3.63) is 87.2 Å². The quantitative estimate of drug-likeness (QED) is 0.705. The lowest BCUT2D eigenvalue weighted by Crippen LogP contribution is -2.35. The minimum Gasteiger partial charge on any atom is -0.351 e. The number of carbonyl (C=O) groups excluding carboxylic acids is 1. The van der Waals surface area contributed by atoms with Crippen LogP contribution in [0.4, 0.5) is 0 Å². The summed E-state index contributed by atoms with van der Waals surface area (Å²) in [7, 11) is 0. The lowest BCUT2D eigenvalue weighted by atomic mass is 9.87. The van der Waals surface area contributed by atoms with Gasteiger partial charge < -0.3 is 14.4 Å². The second-order valence-electron chi connectivity index (χ2n) is 8.77. The van der Waals surface area contributed by atoms with E-state index in [9.17, 15) is 9.59 Å². The number of carbonyl (C=O) groups is 1. The van der Waals surface area contributed by atoms with Gasteiger partial charge in [0.1, 0.15) is 0 Å². The average molecular weight is 418 g/mol. The van der Waals surface area contributed by atoms with Crippen LogP contribution < -0.4 is 5.56 Å². The van der Waals surface area contributed by atoms with E-state index in [4.69, 9.17) is 4.52 Å². The molecule has 1 N–H and O–H groups in total. The molecule has 0 spiro atoms. The van der Waals surface area contributed by atoms with Crippen LogP contribution in [0.2, 0.25) is 0 Å². The molecule has 4 heterocycles. The Bertz CT molecular complexity index is 1150. The van der Waals surface area contributed by atoms with E-state index in [1.54, 1.807) is 18.3 Å². The first kappa shape index (κ1) is 19.8. The van der Waals surface area contributed by atoms with Crippen LogP contribution in [0.15, 0.2) is 58.0 Å². The molecule has 2 aliphatic heterocycles. The zero-order valence-electron chi connectivity index (χ0n) is 17.7. The second kappa shape index (κ2) is 7.81. The van der Waals surface area contributed by atoms with Crippen LogP contribution in [0.25, 0.3) is 0 Å². The van der Waals surface area contributed by atoms with Crippen LogP contribution in [0.5, 0.6) is 0 Å². The maximum atomic E-state index is 13.3. The van der Waals surface area contributed by atoms with Crippen molar-refractivity contribution < 1.29 is 9.32 Å². The minimum absolute atomic E-state index is 0.00434. The molecule has 7 nitrogen and oxygen atoms in total. The number of aromatic nitrogens is 2. The van der Waals surface area contributed by atoms with Crippen molar-refractivity contribution in [3.63, 3.8) is 0 Å². The molecule has 0 saturated carbocycles. The minimum atomic E-state index is -0.0876. The Labute approximate surface area is 180 Å². The summed E-state index contributed by atoms with van der Waals surface area (Å²) < 4.78 is 5.30. The Hall–Kier alpha value is -3.19. The topological polar surface area (TPSA) is 82.4 Å². The van der Waals surface area contributed by atoms with E-state index in [0.29, 0.717) is 29.8 Å². The molecule has 3 atom stereocenters. The van der Waals surface area contributed by atoms with Crippen molar-refractivity contribution in [1.29, 1.82) is 0 Å². The Balaban J connectivity index is 1.42. The molecule has 2 saturated heterocycles. The van der Waals surface area contributed by atoms with E-state index >= 15 is 0 Å². The third kappa shape index (κ3) is 3.70. The number of benzene rings is 1. The van der Waals surface area contributed by atoms with Gasteiger partial charge in [-0.15, -0.1) is 0 Å². The van der Waals surface area contributed by atoms with Crippen molar-refractivity contribution in [2.24, 2.45) is 11.8 Å². The van der Waals surface area contributed by atoms with E-state index in [-0.39, 0.29) is 17.5 Å². The number of aryl methyl sites for hydroxylation is 2. The highest BCUT2D eigenvalue weighted by Gasteiger charge is 2.50. The molecule has 2 fully saturated rings. The van der Waals surface area contributed by atoms with E-state index in [2.05, 4.69) is 34.1 Å². The summed E-state index contributed by atoms with van der Waals surface area (Å²) in [6.45, 7) is 7.25. The molecule has 0 unspecified atom stereocenters. The number of hydrogen-bond donors (Lipinski definition) is 1. The molecule has 3 aromatic rings. The van der Waals surface area contributed by atoms with Crippen molar-refractivity contribution in [2.75, 3.05) is 19.6 Å². The number of fused-ring (bicyclic) bond motifs is 1. The smallest absolute Gasteiger partial charge is 0.293 e. The molecule has 1 amide bonds. The maximum Gasteiger partial charge on any atom is 0.293 e. The predicted molar refractivity (Wildman–Crippen MR) is 116 cm³/mol. The van der Waals surface area contributed by atoms with Crippen LogP contribution in [0, 0.1) is 25.7 Å². The Morgan fingerprint density at radius 1 is 1.16 bits per heavy atom. The summed E-state index contributed by atoms with van der Waals surface area (Å²) >= 11 is 0. The third-order valence-electron chi connectivity index (χ3n) is 6.60. The van der Waals surface area contributed by atoms with Crippen LogP contribution in [0.1, 0.15) is 39.0 Å². The summed E-state index contributed by atoms with van der Waals surface area (Å²) in [4.78, 5) is 31.8. The van der Waals surface area contributed by atoms with Crippen LogP contribution in [-0.4, -0.2) is 45.5 Å². The zero-order valence-corrected chi connectivity index (χ0v) is 17.7. The number of amides is 1. The molecule has 2 aliphatic rings. The summed E-state index contributed by atoms with van der Waals surface area (Å²) in [5.74, 6) is 0.953. The molecule has 7 heteroatoms. The molecule has 2 aromatic heterocycles. The second-order valence-corrected chi connectivity index (χ2v) is 8.77. The fourth-order valence-corrected chi connectivity index (χ4v) is 5.20. The summed E-state index contributed by atoms with van der Waals surface area (Å²) in [5, 5.41) is 3.91. The summed E-state index contributed by atoms with van der Waals surface area (Å²) in [6, 6.07) is 13.5. The van der Waals surface area contributed by atoms with Gasteiger partial charge in [-0.1, -0.05) is 35.5 Å². The largest absolute Gasteiger partial charge is 0.351 e. The zero-order chi connectivity index (χ0) is 21.5. The number of nitrogens with zero attached hydrogens (tertiary/aromatic N) is 3. The first-order chi connectivity index (χ1) is 15.0. The number of hydrogen-bond acceptors (Lipinski definition) is 5. The van der Waals surface area contributed by atoms with Crippen LogP contribution in [-0.2, 0) is 6.54 Å². The monoisotopic (exact) mass is 418 g/mol. The molecule has 31 heavy (non-hydrogen) atoms. The molecule has 160 valence electrons. The Morgan fingerprint density at radius 3 is 2.71 bits per heavy atom. The molecule has 0 bridgehead atoms. The van der Waals surface area contributed by atoms with Gasteiger partial charge in [-0.2, -0.15) is 0 Å². The van der Waals surface area contributed by atoms with E-state index in [0.717, 1.165) is 25.2 Å². The maximum absolute atomic E-state index is 13.3. The van der Waals surface area contributed by atoms with E-state index in [1.165, 1.54) is 11.1 Å². The van der Waals surface area contributed by atoms with E-state index < -0.39 is 0 Å². The average Bonchev–Trinajstić information content (AvgIpc) is 3.44. The Morgan fingerprint density at radius 2 is 2.00 bits per heavy atom. The van der Waals surface area contributed by atoms with Gasteiger partial charge >= 0.3 is 0 Å². The Kier molecular flexibility index (Phi) is 4.98. The van der Waals surface area contributed by atoms with Gasteiger partial charge in [-0.3, -0.25) is 14.5 Å². The van der Waals surface area contributed by atoms with Gasteiger partial charge in [0, 0.05) is 50.4 Å². The highest BCUT2D eigenvalue weighted by Crippen LogP contribution is 2.46. The number of H-pyrrole nitrogens is 1. The van der Waals surface area contributed by atoms with Gasteiger partial charge in [0.05, 0.1) is 11.7 Å². The first-order valence-corrected chi connectivity index (χ1v) is 10.7. The van der Waals surface area contributed by atoms with Gasteiger partial charge in [0.2, 0.25) is 11.3 Å². The fourth-order valence-electron chi connectivity index (χ4n) is 5.20. The number of pyridine rings is 1. The molecule has 1 aromatic carbocycles. The predicted octanol–water partition coefficient (Wildman–Crippen LogP) is 2.93. The van der Waals surface area contributed by atoms with Gasteiger partial charge in [-0.05, 0) is 36.5 Å². The van der Waals surface area contributed by atoms with Gasteiger partial charge in [0.25, 0.3) is 5.91 Å². The number of rotatable bonds is 4. The molecular formula is C24H26N4O3. The van der Waals surface area contributed by atoms with Crippen molar-refractivity contribution in [2.45, 2.75) is 26.4 Å². The first-order valence-electron chi connectivity index (χ1n) is 10.7. The summed E-state index contributed by atoms with van der Waals surface area (Å²) in [6.07, 6.45) is 1.79. The highest BCUT2D eigenvalue weighted by atomic mass is 16.5. The van der Waals surface area contributed by atoms with Crippen molar-refractivity contribution in [3.8, 4) is 0 Å². The van der Waals surface area contributed by atoms with Crippen molar-refractivity contribution >= 4 is 5.91 Å². The van der Waals surface area contributed by atoms with Gasteiger partial charge in [-0.25, -0.2) is 0 Å². The van der Waals surface area contributed by atoms with E-state index in [1.807, 2.05) is 30.0 Å². The third-order valence-corrected chi connectivity index (χ3v) is 6.60. The van der Waals surface area contributed by atoms with Crippen LogP contribution >= 0.6 is 0 Å². The number of aromatic amines is 1. The molecule has 0 radical (unpaired) electrons. The highest BCUT2D eigenvalue weighted by molar-refractivity contribution is 5.92.